The van der Waals surface area contributed by atoms with Crippen LogP contribution in [0.1, 0.15) is 12.8 Å². The third-order valence-electron chi connectivity index (χ3n) is 6.09. The van der Waals surface area contributed by atoms with Crippen LogP contribution in [0.4, 0.5) is 0 Å². The number of unbranched alkanes of at least 4 members (excludes halogenated alkanes) is 1. The minimum atomic E-state index is -0.00213. The van der Waals surface area contributed by atoms with Crippen LogP contribution in [0.2, 0.25) is 10.0 Å². The fourth-order valence-corrected chi connectivity index (χ4v) is 4.43. The van der Waals surface area contributed by atoms with Gasteiger partial charge in [0.05, 0.1) is 13.2 Å². The van der Waals surface area contributed by atoms with E-state index in [0.717, 1.165) is 12.8 Å². The van der Waals surface area contributed by atoms with Crippen molar-refractivity contribution in [3.8, 4) is 34.4 Å². The molecule has 0 aliphatic heterocycles. The Labute approximate surface area is 237 Å². The maximum atomic E-state index is 10.5. The van der Waals surface area contributed by atoms with Crippen LogP contribution in [0.5, 0.6) is 23.0 Å². The molecule has 0 fully saturated rings. The Balaban J connectivity index is 0.985. The fourth-order valence-electron chi connectivity index (χ4n) is 4.10. The molecule has 6 rings (SSSR count). The van der Waals surface area contributed by atoms with Crippen LogP contribution in [0.3, 0.4) is 0 Å². The number of fused-ring (bicyclic) bond motifs is 2. The van der Waals surface area contributed by atoms with Crippen molar-refractivity contribution in [2.75, 3.05) is 13.2 Å². The molecule has 0 saturated carbocycles. The van der Waals surface area contributed by atoms with Gasteiger partial charge in [0.25, 0.3) is 0 Å². The van der Waals surface area contributed by atoms with Crippen LogP contribution in [0.25, 0.3) is 33.4 Å². The van der Waals surface area contributed by atoms with Gasteiger partial charge in [-0.25, -0.2) is 0 Å². The molecule has 2 aromatic heterocycles. The van der Waals surface area contributed by atoms with Crippen LogP contribution in [-0.4, -0.2) is 53.4 Å². The minimum absolute atomic E-state index is 0.00213. The van der Waals surface area contributed by atoms with Crippen molar-refractivity contribution in [3.05, 3.63) is 82.8 Å². The van der Waals surface area contributed by atoms with Crippen LogP contribution in [0, 0.1) is 0 Å². The smallest absolute Gasteiger partial charge is 0.146 e. The van der Waals surface area contributed by atoms with E-state index in [2.05, 4.69) is 20.4 Å². The Morgan fingerprint density at radius 3 is 1.40 bits per heavy atom. The van der Waals surface area contributed by atoms with Gasteiger partial charge in [0, 0.05) is 22.2 Å². The Kier molecular flexibility index (Phi) is 7.02. The van der Waals surface area contributed by atoms with Crippen molar-refractivity contribution in [2.24, 2.45) is 0 Å². The van der Waals surface area contributed by atoms with Crippen LogP contribution in [-0.2, 0) is 0 Å². The molecule has 4 aromatic carbocycles. The summed E-state index contributed by atoms with van der Waals surface area (Å²) in [5.41, 5.74) is 3.48. The van der Waals surface area contributed by atoms with Gasteiger partial charge in [-0.2, -0.15) is 0 Å². The molecule has 12 heteroatoms. The van der Waals surface area contributed by atoms with Gasteiger partial charge in [-0.3, -0.25) is 0 Å². The monoisotopic (exact) mass is 576 g/mol. The molecule has 0 atom stereocenters. The van der Waals surface area contributed by atoms with E-state index in [-0.39, 0.29) is 11.5 Å². The molecule has 202 valence electrons. The van der Waals surface area contributed by atoms with E-state index in [1.807, 2.05) is 0 Å². The third-order valence-corrected chi connectivity index (χ3v) is 6.56. The van der Waals surface area contributed by atoms with E-state index in [1.165, 1.54) is 21.7 Å². The van der Waals surface area contributed by atoms with Crippen molar-refractivity contribution in [1.29, 1.82) is 0 Å². The summed E-state index contributed by atoms with van der Waals surface area (Å²) in [6.07, 6.45) is 1.46. The lowest BCUT2D eigenvalue weighted by Gasteiger charge is -2.10. The SMILES string of the molecule is Oc1cc(OCCCCOc2ccc(-n3nc4ccc(Cl)cc4n3)c(O)c2)ccc1-n1nc2ccc(Cl)cc2n1. The molecule has 0 unspecified atom stereocenters. The highest BCUT2D eigenvalue weighted by atomic mass is 35.5. The van der Waals surface area contributed by atoms with Gasteiger partial charge in [-0.15, -0.1) is 30.0 Å². The summed E-state index contributed by atoms with van der Waals surface area (Å²) >= 11 is 12.0. The fraction of sp³-hybridized carbons (Fsp3) is 0.143. The maximum absolute atomic E-state index is 10.5. The second-order valence-electron chi connectivity index (χ2n) is 8.95. The van der Waals surface area contributed by atoms with E-state index in [0.29, 0.717) is 68.2 Å². The summed E-state index contributed by atoms with van der Waals surface area (Å²) in [5.74, 6) is 1.06. The Bertz CT molecular complexity index is 1700. The molecule has 2 heterocycles. The first-order valence-electron chi connectivity index (χ1n) is 12.4. The van der Waals surface area contributed by atoms with Gasteiger partial charge >= 0.3 is 0 Å². The lowest BCUT2D eigenvalue weighted by atomic mass is 10.2. The number of hydrogen-bond acceptors (Lipinski definition) is 8. The number of phenols is 2. The summed E-state index contributed by atoms with van der Waals surface area (Å²) in [6, 6.07) is 20.4. The number of hydrogen-bond donors (Lipinski definition) is 2. The van der Waals surface area contributed by atoms with E-state index in [4.69, 9.17) is 32.7 Å². The van der Waals surface area contributed by atoms with Crippen molar-refractivity contribution in [2.45, 2.75) is 12.8 Å². The molecule has 10 nitrogen and oxygen atoms in total. The highest BCUT2D eigenvalue weighted by Gasteiger charge is 2.12. The highest BCUT2D eigenvalue weighted by molar-refractivity contribution is 6.31. The third kappa shape index (κ3) is 5.45. The summed E-state index contributed by atoms with van der Waals surface area (Å²) in [4.78, 5) is 2.73. The first kappa shape index (κ1) is 25.7. The van der Waals surface area contributed by atoms with E-state index in [9.17, 15) is 10.2 Å². The average Bonchev–Trinajstić information content (AvgIpc) is 3.54. The molecule has 0 aliphatic rings. The van der Waals surface area contributed by atoms with Crippen molar-refractivity contribution in [3.63, 3.8) is 0 Å². The second-order valence-corrected chi connectivity index (χ2v) is 9.82. The summed E-state index contributed by atoms with van der Waals surface area (Å²) in [6.45, 7) is 0.883. The van der Waals surface area contributed by atoms with Gasteiger partial charge in [0.2, 0.25) is 0 Å². The van der Waals surface area contributed by atoms with E-state index >= 15 is 0 Å². The molecule has 0 amide bonds. The number of aromatic nitrogens is 6. The average molecular weight is 577 g/mol. The van der Waals surface area contributed by atoms with Gasteiger partial charge in [-0.05, 0) is 73.5 Å². The standard InChI is InChI=1S/C28H22Cl2N6O4/c29-17-3-7-21-23(13-17)33-35(31-21)25-9-5-19(15-27(25)37)39-11-1-2-12-40-20-6-10-26(28(38)16-20)36-32-22-8-4-18(30)14-24(22)34-36/h3-10,13-16,37-38H,1-2,11-12H2. The van der Waals surface area contributed by atoms with Gasteiger partial charge < -0.3 is 19.7 Å². The number of benzene rings is 4. The van der Waals surface area contributed by atoms with E-state index < -0.39 is 0 Å². The highest BCUT2D eigenvalue weighted by Crippen LogP contribution is 2.29. The number of ether oxygens (including phenoxy) is 2. The molecule has 0 spiro atoms. The number of halogens is 2. The molecular weight excluding hydrogens is 555 g/mol. The number of phenolic OH excluding ortho intramolecular Hbond substituents is 2. The van der Waals surface area contributed by atoms with Gasteiger partial charge in [0.15, 0.2) is 0 Å². The zero-order valence-corrected chi connectivity index (χ0v) is 22.4. The topological polar surface area (TPSA) is 120 Å². The zero-order valence-electron chi connectivity index (χ0n) is 20.9. The van der Waals surface area contributed by atoms with E-state index in [1.54, 1.807) is 60.7 Å². The molecule has 0 aliphatic carbocycles. The summed E-state index contributed by atoms with van der Waals surface area (Å²) < 4.78 is 11.5. The first-order valence-corrected chi connectivity index (χ1v) is 13.2. The Morgan fingerprint density at radius 2 is 0.975 bits per heavy atom. The molecule has 0 radical (unpaired) electrons. The predicted molar refractivity (Wildman–Crippen MR) is 151 cm³/mol. The van der Waals surface area contributed by atoms with Crippen molar-refractivity contribution >= 4 is 45.3 Å². The second kappa shape index (κ2) is 10.9. The number of rotatable bonds is 9. The summed E-state index contributed by atoms with van der Waals surface area (Å²) in [5, 5.41) is 39.6. The molecular formula is C28H22Cl2N6O4. The largest absolute Gasteiger partial charge is 0.505 e. The minimum Gasteiger partial charge on any atom is -0.505 e. The molecule has 2 N–H and O–H groups in total. The van der Waals surface area contributed by atoms with Crippen molar-refractivity contribution < 1.29 is 19.7 Å². The Hall–Kier alpha value is -4.54. The lowest BCUT2D eigenvalue weighted by molar-refractivity contribution is 0.265. The number of aromatic hydroxyl groups is 2. The number of nitrogens with zero attached hydrogens (tertiary/aromatic N) is 6. The first-order chi connectivity index (χ1) is 19.4. The molecule has 0 bridgehead atoms. The molecule has 40 heavy (non-hydrogen) atoms. The normalized spacial score (nSPS) is 11.3. The maximum Gasteiger partial charge on any atom is 0.146 e. The zero-order chi connectivity index (χ0) is 27.6. The van der Waals surface area contributed by atoms with Crippen molar-refractivity contribution in [1.82, 2.24) is 30.0 Å². The quantitative estimate of drug-likeness (QED) is 0.198. The van der Waals surface area contributed by atoms with Crippen LogP contribution < -0.4 is 9.47 Å². The Morgan fingerprint density at radius 1 is 0.550 bits per heavy atom. The molecule has 6 aromatic rings. The van der Waals surface area contributed by atoms with Crippen LogP contribution >= 0.6 is 23.2 Å². The van der Waals surface area contributed by atoms with Crippen LogP contribution in [0.15, 0.2) is 72.8 Å². The predicted octanol–water partition coefficient (Wildman–Crippen LogP) is 6.11. The summed E-state index contributed by atoms with van der Waals surface area (Å²) in [7, 11) is 0. The van der Waals surface area contributed by atoms with Gasteiger partial charge in [0.1, 0.15) is 56.4 Å². The lowest BCUT2D eigenvalue weighted by Crippen LogP contribution is -2.04. The molecule has 0 saturated heterocycles. The van der Waals surface area contributed by atoms with Gasteiger partial charge in [-0.1, -0.05) is 23.2 Å².